The van der Waals surface area contributed by atoms with Gasteiger partial charge in [0.25, 0.3) is 5.91 Å². The SMILES string of the molecule is C=C(F)c1cc(NC(=O)c2cnc(C)c(-n3cc(-c4cncc(N5CCN(C)CC5)c4)nn3)c2)ccc1OC. The number of ether oxygens (including phenoxy) is 1. The van der Waals surface area contributed by atoms with Gasteiger partial charge in [0.05, 0.1) is 47.7 Å². The average molecular weight is 529 g/mol. The summed E-state index contributed by atoms with van der Waals surface area (Å²) in [6.45, 7) is 9.04. The van der Waals surface area contributed by atoms with Crippen LogP contribution in [0.15, 0.2) is 61.7 Å². The van der Waals surface area contributed by atoms with Crippen molar-refractivity contribution in [2.24, 2.45) is 0 Å². The van der Waals surface area contributed by atoms with E-state index in [2.05, 4.69) is 55.1 Å². The van der Waals surface area contributed by atoms with Gasteiger partial charge < -0.3 is 19.9 Å². The molecule has 0 bridgehead atoms. The van der Waals surface area contributed by atoms with Crippen LogP contribution in [0.5, 0.6) is 5.75 Å². The average Bonchev–Trinajstić information content (AvgIpc) is 3.44. The van der Waals surface area contributed by atoms with Crippen LogP contribution in [0.1, 0.15) is 21.6 Å². The summed E-state index contributed by atoms with van der Waals surface area (Å²) in [5.41, 5.74) is 4.70. The highest BCUT2D eigenvalue weighted by molar-refractivity contribution is 6.04. The third-order valence-electron chi connectivity index (χ3n) is 6.70. The van der Waals surface area contributed by atoms with Crippen molar-refractivity contribution in [1.82, 2.24) is 29.9 Å². The fourth-order valence-electron chi connectivity index (χ4n) is 4.40. The molecule has 1 saturated heterocycles. The topological polar surface area (TPSA) is 101 Å². The van der Waals surface area contributed by atoms with Crippen LogP contribution in [-0.4, -0.2) is 76.1 Å². The van der Waals surface area contributed by atoms with Gasteiger partial charge >= 0.3 is 0 Å². The number of hydrogen-bond donors (Lipinski definition) is 1. The molecule has 0 spiro atoms. The molecule has 1 amide bonds. The lowest BCUT2D eigenvalue weighted by Gasteiger charge is -2.33. The van der Waals surface area contributed by atoms with Crippen LogP contribution >= 0.6 is 0 Å². The van der Waals surface area contributed by atoms with E-state index in [1.165, 1.54) is 19.4 Å². The van der Waals surface area contributed by atoms with Crippen LogP contribution in [0, 0.1) is 6.92 Å². The van der Waals surface area contributed by atoms with Crippen molar-refractivity contribution in [2.45, 2.75) is 6.92 Å². The molecule has 0 radical (unpaired) electrons. The molecule has 0 unspecified atom stereocenters. The number of hydrogen-bond acceptors (Lipinski definition) is 8. The molecule has 0 saturated carbocycles. The predicted molar refractivity (Wildman–Crippen MR) is 148 cm³/mol. The molecule has 1 aliphatic heterocycles. The van der Waals surface area contributed by atoms with Gasteiger partial charge in [0.15, 0.2) is 0 Å². The predicted octanol–water partition coefficient (Wildman–Crippen LogP) is 3.99. The Labute approximate surface area is 225 Å². The van der Waals surface area contributed by atoms with Gasteiger partial charge in [0, 0.05) is 49.8 Å². The highest BCUT2D eigenvalue weighted by Gasteiger charge is 2.17. The third-order valence-corrected chi connectivity index (χ3v) is 6.70. The monoisotopic (exact) mass is 528 g/mol. The fourth-order valence-corrected chi connectivity index (χ4v) is 4.40. The number of piperazine rings is 1. The molecule has 5 rings (SSSR count). The molecular formula is C28H29FN8O2. The molecule has 0 atom stereocenters. The third kappa shape index (κ3) is 5.63. The second kappa shape index (κ2) is 11.0. The van der Waals surface area contributed by atoms with Crippen LogP contribution in [0.2, 0.25) is 0 Å². The Morgan fingerprint density at radius 2 is 1.90 bits per heavy atom. The minimum Gasteiger partial charge on any atom is -0.496 e. The molecule has 3 aromatic heterocycles. The maximum Gasteiger partial charge on any atom is 0.257 e. The van der Waals surface area contributed by atoms with Gasteiger partial charge in [-0.2, -0.15) is 0 Å². The Hall–Kier alpha value is -4.64. The van der Waals surface area contributed by atoms with Gasteiger partial charge in [-0.05, 0) is 44.3 Å². The largest absolute Gasteiger partial charge is 0.496 e. The van der Waals surface area contributed by atoms with Crippen molar-refractivity contribution >= 4 is 23.1 Å². The van der Waals surface area contributed by atoms with E-state index in [0.29, 0.717) is 34.1 Å². The molecule has 1 aromatic carbocycles. The molecule has 4 heterocycles. The zero-order valence-corrected chi connectivity index (χ0v) is 22.1. The van der Waals surface area contributed by atoms with E-state index in [4.69, 9.17) is 4.74 Å². The Kier molecular flexibility index (Phi) is 7.33. The normalized spacial score (nSPS) is 13.8. The Morgan fingerprint density at radius 3 is 2.64 bits per heavy atom. The molecule has 1 N–H and O–H groups in total. The zero-order valence-electron chi connectivity index (χ0n) is 22.1. The number of benzene rings is 1. The molecule has 1 aliphatic rings. The van der Waals surface area contributed by atoms with E-state index in [0.717, 1.165) is 37.4 Å². The van der Waals surface area contributed by atoms with E-state index in [1.54, 1.807) is 35.3 Å². The van der Waals surface area contributed by atoms with E-state index in [9.17, 15) is 9.18 Å². The number of amides is 1. The van der Waals surface area contributed by atoms with Crippen molar-refractivity contribution in [3.63, 3.8) is 0 Å². The number of aryl methyl sites for hydroxylation is 1. The number of anilines is 2. The highest BCUT2D eigenvalue weighted by atomic mass is 19.1. The van der Waals surface area contributed by atoms with Gasteiger partial charge in [-0.15, -0.1) is 5.10 Å². The lowest BCUT2D eigenvalue weighted by atomic mass is 10.1. The molecule has 1 fully saturated rings. The second-order valence-electron chi connectivity index (χ2n) is 9.37. The van der Waals surface area contributed by atoms with E-state index < -0.39 is 11.7 Å². The minimum absolute atomic E-state index is 0.166. The number of rotatable bonds is 7. The first kappa shape index (κ1) is 26.0. The van der Waals surface area contributed by atoms with Crippen molar-refractivity contribution < 1.29 is 13.9 Å². The van der Waals surface area contributed by atoms with Crippen molar-refractivity contribution in [2.75, 3.05) is 50.6 Å². The van der Waals surface area contributed by atoms with Gasteiger partial charge in [-0.3, -0.25) is 14.8 Å². The summed E-state index contributed by atoms with van der Waals surface area (Å²) in [5.74, 6) is -0.742. The van der Waals surface area contributed by atoms with Crippen LogP contribution in [0.25, 0.3) is 22.8 Å². The van der Waals surface area contributed by atoms with Gasteiger partial charge in [-0.25, -0.2) is 9.07 Å². The molecule has 39 heavy (non-hydrogen) atoms. The molecular weight excluding hydrogens is 499 g/mol. The number of carbonyl (C=O) groups is 1. The summed E-state index contributed by atoms with van der Waals surface area (Å²) in [7, 11) is 3.56. The summed E-state index contributed by atoms with van der Waals surface area (Å²) in [4.78, 5) is 26.5. The van der Waals surface area contributed by atoms with Crippen molar-refractivity contribution in [1.29, 1.82) is 0 Å². The Bertz CT molecular complexity index is 1530. The molecule has 4 aromatic rings. The quantitative estimate of drug-likeness (QED) is 0.384. The maximum absolute atomic E-state index is 13.8. The first-order valence-electron chi connectivity index (χ1n) is 12.4. The van der Waals surface area contributed by atoms with Crippen LogP contribution in [-0.2, 0) is 0 Å². The number of nitrogens with one attached hydrogen (secondary N) is 1. The summed E-state index contributed by atoms with van der Waals surface area (Å²) in [6, 6.07) is 8.42. The van der Waals surface area contributed by atoms with Crippen molar-refractivity contribution in [3.05, 3.63) is 78.5 Å². The summed E-state index contributed by atoms with van der Waals surface area (Å²) >= 11 is 0. The van der Waals surface area contributed by atoms with Crippen LogP contribution < -0.4 is 15.0 Å². The number of halogens is 1. The van der Waals surface area contributed by atoms with E-state index in [1.807, 2.05) is 13.1 Å². The smallest absolute Gasteiger partial charge is 0.257 e. The van der Waals surface area contributed by atoms with Crippen LogP contribution in [0.4, 0.5) is 15.8 Å². The minimum atomic E-state index is -0.659. The van der Waals surface area contributed by atoms with Gasteiger partial charge in [0.2, 0.25) is 0 Å². The molecule has 200 valence electrons. The summed E-state index contributed by atoms with van der Waals surface area (Å²) in [6.07, 6.45) is 6.90. The summed E-state index contributed by atoms with van der Waals surface area (Å²) in [5, 5.41) is 11.4. The first-order valence-corrected chi connectivity index (χ1v) is 12.4. The number of methoxy groups -OCH3 is 1. The highest BCUT2D eigenvalue weighted by Crippen LogP contribution is 2.29. The zero-order chi connectivity index (χ0) is 27.5. The Morgan fingerprint density at radius 1 is 1.10 bits per heavy atom. The maximum atomic E-state index is 13.8. The first-order chi connectivity index (χ1) is 18.8. The van der Waals surface area contributed by atoms with E-state index in [-0.39, 0.29) is 5.56 Å². The lowest BCUT2D eigenvalue weighted by Crippen LogP contribution is -2.44. The standard InChI is InChI=1S/C28H29FN8O2/c1-18(29)24-13-22(5-6-27(24)39-4)32-28(38)21-12-26(19(2)31-15-21)37-17-25(33-34-37)20-11-23(16-30-14-20)36-9-7-35(3)8-10-36/h5-6,11-17H,1,7-10H2,2-4H3,(H,32,38). The number of aromatic nitrogens is 5. The Balaban J connectivity index is 1.37. The molecule has 0 aliphatic carbocycles. The lowest BCUT2D eigenvalue weighted by molar-refractivity contribution is 0.102. The van der Waals surface area contributed by atoms with Gasteiger partial charge in [-0.1, -0.05) is 11.8 Å². The van der Waals surface area contributed by atoms with Crippen LogP contribution in [0.3, 0.4) is 0 Å². The number of nitrogens with zero attached hydrogens (tertiary/aromatic N) is 7. The number of carbonyl (C=O) groups excluding carboxylic acids is 1. The number of pyridine rings is 2. The molecule has 11 heteroatoms. The van der Waals surface area contributed by atoms with E-state index >= 15 is 0 Å². The number of likely N-dealkylation sites (N-methyl/N-ethyl adjacent to an activating group) is 1. The summed E-state index contributed by atoms with van der Waals surface area (Å²) < 4.78 is 20.6. The molecule has 10 nitrogen and oxygen atoms in total. The van der Waals surface area contributed by atoms with Gasteiger partial charge in [0.1, 0.15) is 17.3 Å². The van der Waals surface area contributed by atoms with Crippen molar-refractivity contribution in [3.8, 4) is 22.7 Å². The second-order valence-corrected chi connectivity index (χ2v) is 9.37. The fraction of sp³-hybridized carbons (Fsp3) is 0.250.